The lowest BCUT2D eigenvalue weighted by atomic mass is 10.1. The fraction of sp³-hybridized carbons (Fsp3) is 0.476. The summed E-state index contributed by atoms with van der Waals surface area (Å²) in [7, 11) is 0. The van der Waals surface area contributed by atoms with Crippen molar-refractivity contribution in [2.45, 2.75) is 45.2 Å². The van der Waals surface area contributed by atoms with E-state index in [1.54, 1.807) is 19.2 Å². The number of amides is 1. The number of anilines is 2. The van der Waals surface area contributed by atoms with Crippen LogP contribution in [0.1, 0.15) is 49.5 Å². The third-order valence-corrected chi connectivity index (χ3v) is 5.55. The van der Waals surface area contributed by atoms with Gasteiger partial charge in [-0.2, -0.15) is 0 Å². The molecule has 1 aromatic carbocycles. The fourth-order valence-electron chi connectivity index (χ4n) is 4.07. The number of esters is 1. The van der Waals surface area contributed by atoms with Gasteiger partial charge in [-0.1, -0.05) is 0 Å². The summed E-state index contributed by atoms with van der Waals surface area (Å²) in [6.45, 7) is 4.89. The fourth-order valence-corrected chi connectivity index (χ4v) is 4.07. The molecule has 1 saturated carbocycles. The highest BCUT2D eigenvalue weighted by Crippen LogP contribution is 2.39. The first-order chi connectivity index (χ1) is 13.9. The van der Waals surface area contributed by atoms with Crippen LogP contribution in [-0.4, -0.2) is 42.2 Å². The Bertz CT molecular complexity index is 1040. The van der Waals surface area contributed by atoms with E-state index in [2.05, 4.69) is 10.2 Å². The molecule has 29 heavy (non-hydrogen) atoms. The van der Waals surface area contributed by atoms with Crippen LogP contribution in [0, 0.1) is 0 Å². The first-order valence-electron chi connectivity index (χ1n) is 10.1. The molecule has 1 aliphatic heterocycles. The number of hydrogen-bond donors (Lipinski definition) is 2. The van der Waals surface area contributed by atoms with Crippen molar-refractivity contribution in [3.63, 3.8) is 0 Å². The van der Waals surface area contributed by atoms with Crippen LogP contribution in [0.15, 0.2) is 23.1 Å². The van der Waals surface area contributed by atoms with Gasteiger partial charge in [-0.15, -0.1) is 0 Å². The zero-order chi connectivity index (χ0) is 20.7. The van der Waals surface area contributed by atoms with E-state index in [-0.39, 0.29) is 35.6 Å². The number of pyridine rings is 1. The molecule has 0 radical (unpaired) electrons. The summed E-state index contributed by atoms with van der Waals surface area (Å²) in [5.74, 6) is -0.647. The van der Waals surface area contributed by atoms with E-state index in [0.29, 0.717) is 17.6 Å². The van der Waals surface area contributed by atoms with Crippen molar-refractivity contribution in [2.75, 3.05) is 30.3 Å². The summed E-state index contributed by atoms with van der Waals surface area (Å²) < 4.78 is 7.07. The van der Waals surface area contributed by atoms with Crippen molar-refractivity contribution in [3.8, 4) is 0 Å². The van der Waals surface area contributed by atoms with E-state index in [0.717, 1.165) is 37.0 Å². The van der Waals surface area contributed by atoms with Crippen LogP contribution >= 0.6 is 0 Å². The molecule has 0 bridgehead atoms. The topological polar surface area (TPSA) is 107 Å². The number of nitrogens with zero attached hydrogens (tertiary/aromatic N) is 2. The minimum atomic E-state index is -0.603. The van der Waals surface area contributed by atoms with Gasteiger partial charge >= 0.3 is 5.97 Å². The predicted molar refractivity (Wildman–Crippen MR) is 111 cm³/mol. The van der Waals surface area contributed by atoms with E-state index in [4.69, 9.17) is 10.5 Å². The molecule has 2 heterocycles. The summed E-state index contributed by atoms with van der Waals surface area (Å²) in [6.07, 6.45) is 4.49. The molecule has 2 aliphatic rings. The molecule has 8 heteroatoms. The lowest BCUT2D eigenvalue weighted by molar-refractivity contribution is -0.119. The van der Waals surface area contributed by atoms with Gasteiger partial charge in [-0.3, -0.25) is 9.59 Å². The Morgan fingerprint density at radius 3 is 2.69 bits per heavy atom. The maximum atomic E-state index is 13.0. The van der Waals surface area contributed by atoms with Gasteiger partial charge in [0.1, 0.15) is 5.56 Å². The van der Waals surface area contributed by atoms with Crippen molar-refractivity contribution in [2.24, 2.45) is 0 Å². The van der Waals surface area contributed by atoms with Crippen molar-refractivity contribution < 1.29 is 14.3 Å². The average molecular weight is 398 g/mol. The lowest BCUT2D eigenvalue weighted by Crippen LogP contribution is -2.35. The number of nitrogen functional groups attached to an aromatic ring is 1. The molecule has 2 fully saturated rings. The Morgan fingerprint density at radius 2 is 2.03 bits per heavy atom. The van der Waals surface area contributed by atoms with Crippen LogP contribution in [-0.2, 0) is 9.53 Å². The molecule has 1 amide bonds. The molecule has 4 rings (SSSR count). The number of nitrogens with two attached hydrogens (primary N) is 1. The summed E-state index contributed by atoms with van der Waals surface area (Å²) >= 11 is 0. The van der Waals surface area contributed by atoms with Crippen molar-refractivity contribution in [1.82, 2.24) is 9.88 Å². The SMILES string of the molecule is CCOC(=O)c1cn(C2CC2)c2cc(N3CCC(NC(C)=O)C3)c(N)cc2c1=O. The lowest BCUT2D eigenvalue weighted by Gasteiger charge is -2.22. The Kier molecular flexibility index (Phi) is 4.94. The molecular weight excluding hydrogens is 372 g/mol. The second-order valence-corrected chi connectivity index (χ2v) is 7.79. The number of fused-ring (bicyclic) bond motifs is 1. The average Bonchev–Trinajstić information content (AvgIpc) is 3.41. The molecule has 1 aliphatic carbocycles. The number of rotatable bonds is 5. The minimum Gasteiger partial charge on any atom is -0.462 e. The first-order valence-corrected chi connectivity index (χ1v) is 10.1. The summed E-state index contributed by atoms with van der Waals surface area (Å²) in [6, 6.07) is 3.96. The number of carbonyl (C=O) groups is 2. The van der Waals surface area contributed by atoms with Gasteiger partial charge in [-0.25, -0.2) is 4.79 Å². The van der Waals surface area contributed by atoms with E-state index >= 15 is 0 Å². The maximum Gasteiger partial charge on any atom is 0.343 e. The van der Waals surface area contributed by atoms with E-state index in [1.807, 2.05) is 10.6 Å². The third kappa shape index (κ3) is 3.66. The molecular formula is C21H26N4O4. The number of benzene rings is 1. The van der Waals surface area contributed by atoms with Crippen LogP contribution < -0.4 is 21.4 Å². The highest BCUT2D eigenvalue weighted by atomic mass is 16.5. The zero-order valence-electron chi connectivity index (χ0n) is 16.7. The summed E-state index contributed by atoms with van der Waals surface area (Å²) in [5.41, 5.74) is 8.12. The van der Waals surface area contributed by atoms with Crippen LogP contribution in [0.25, 0.3) is 10.9 Å². The van der Waals surface area contributed by atoms with E-state index in [9.17, 15) is 14.4 Å². The van der Waals surface area contributed by atoms with Gasteiger partial charge < -0.3 is 25.3 Å². The minimum absolute atomic E-state index is 0.0441. The van der Waals surface area contributed by atoms with Crippen molar-refractivity contribution in [3.05, 3.63) is 34.1 Å². The van der Waals surface area contributed by atoms with Gasteiger partial charge in [0.25, 0.3) is 0 Å². The molecule has 8 nitrogen and oxygen atoms in total. The zero-order valence-corrected chi connectivity index (χ0v) is 16.7. The van der Waals surface area contributed by atoms with Crippen LogP contribution in [0.3, 0.4) is 0 Å². The van der Waals surface area contributed by atoms with Crippen LogP contribution in [0.2, 0.25) is 0 Å². The molecule has 1 saturated heterocycles. The Labute approximate surface area is 168 Å². The number of nitrogens with one attached hydrogen (secondary N) is 1. The smallest absolute Gasteiger partial charge is 0.343 e. The Balaban J connectivity index is 1.78. The number of aromatic nitrogens is 1. The van der Waals surface area contributed by atoms with Gasteiger partial charge in [-0.05, 0) is 38.3 Å². The molecule has 1 aromatic heterocycles. The number of carbonyl (C=O) groups excluding carboxylic acids is 2. The molecule has 2 aromatic rings. The van der Waals surface area contributed by atoms with Gasteiger partial charge in [0.15, 0.2) is 0 Å². The quantitative estimate of drug-likeness (QED) is 0.588. The van der Waals surface area contributed by atoms with Crippen molar-refractivity contribution in [1.29, 1.82) is 0 Å². The highest BCUT2D eigenvalue weighted by molar-refractivity contribution is 5.96. The molecule has 3 N–H and O–H groups in total. The van der Waals surface area contributed by atoms with Crippen LogP contribution in [0.4, 0.5) is 11.4 Å². The summed E-state index contributed by atoms with van der Waals surface area (Å²) in [5, 5.41) is 3.38. The molecule has 154 valence electrons. The Morgan fingerprint density at radius 1 is 1.28 bits per heavy atom. The standard InChI is InChI=1S/C21H26N4O4/c1-3-29-21(28)16-11-25(14-4-5-14)18-9-19(17(22)8-15(18)20(16)27)24-7-6-13(10-24)23-12(2)26/h8-9,11,13-14H,3-7,10,22H2,1-2H3,(H,23,26). The first kappa shape index (κ1) is 19.3. The maximum absolute atomic E-state index is 13.0. The summed E-state index contributed by atoms with van der Waals surface area (Å²) in [4.78, 5) is 38.7. The normalized spacial score (nSPS) is 18.8. The molecule has 1 unspecified atom stereocenters. The Hall–Kier alpha value is -3.03. The predicted octanol–water partition coefficient (Wildman–Crippen LogP) is 1.81. The van der Waals surface area contributed by atoms with Crippen LogP contribution in [0.5, 0.6) is 0 Å². The van der Waals surface area contributed by atoms with E-state index < -0.39 is 5.97 Å². The molecule has 0 spiro atoms. The van der Waals surface area contributed by atoms with Gasteiger partial charge in [0.05, 0.1) is 23.5 Å². The van der Waals surface area contributed by atoms with E-state index in [1.165, 1.54) is 6.92 Å². The second kappa shape index (κ2) is 7.42. The van der Waals surface area contributed by atoms with Gasteiger partial charge in [0.2, 0.25) is 11.3 Å². The molecule has 1 atom stereocenters. The third-order valence-electron chi connectivity index (χ3n) is 5.55. The number of ether oxygens (including phenoxy) is 1. The highest BCUT2D eigenvalue weighted by Gasteiger charge is 2.29. The largest absolute Gasteiger partial charge is 0.462 e. The van der Waals surface area contributed by atoms with Gasteiger partial charge in [0, 0.05) is 43.7 Å². The number of hydrogen-bond acceptors (Lipinski definition) is 6. The second-order valence-electron chi connectivity index (χ2n) is 7.79. The monoisotopic (exact) mass is 398 g/mol. The van der Waals surface area contributed by atoms with Crippen molar-refractivity contribution >= 4 is 34.2 Å².